The van der Waals surface area contributed by atoms with E-state index in [0.717, 1.165) is 18.8 Å². The smallest absolute Gasteiger partial charge is 0.209 e. The zero-order chi connectivity index (χ0) is 18.8. The first-order valence-corrected chi connectivity index (χ1v) is 10.9. The van der Waals surface area contributed by atoms with Gasteiger partial charge in [0.05, 0.1) is 0 Å². The lowest BCUT2D eigenvalue weighted by Crippen LogP contribution is -2.54. The number of nitrogens with zero attached hydrogens (tertiary/aromatic N) is 2. The van der Waals surface area contributed by atoms with E-state index >= 15 is 0 Å². The lowest BCUT2D eigenvalue weighted by atomic mass is 9.96. The molecule has 0 heterocycles. The lowest BCUT2D eigenvalue weighted by molar-refractivity contribution is -0.0745. The topological polar surface area (TPSA) is 43.8 Å². The molecule has 5 heteroatoms. The van der Waals surface area contributed by atoms with Crippen LogP contribution in [-0.2, 0) is 0 Å². The second-order valence-corrected chi connectivity index (χ2v) is 5.39. The van der Waals surface area contributed by atoms with E-state index in [1.165, 1.54) is 0 Å². The van der Waals surface area contributed by atoms with Crippen molar-refractivity contribution >= 4 is 34.1 Å². The first-order chi connectivity index (χ1) is 11.5. The third-order valence-corrected chi connectivity index (χ3v) is 4.40. The van der Waals surface area contributed by atoms with Gasteiger partial charge >= 0.3 is 0 Å². The van der Waals surface area contributed by atoms with E-state index in [0.29, 0.717) is 25.1 Å². The van der Waals surface area contributed by atoms with Crippen LogP contribution in [0.5, 0.6) is 0 Å². The number of aliphatic hydroxyl groups is 1. The van der Waals surface area contributed by atoms with Crippen LogP contribution in [0.1, 0.15) is 51.4 Å². The number of carbonyl (C=O) groups is 1. The van der Waals surface area contributed by atoms with Gasteiger partial charge in [-0.05, 0) is 62.6 Å². The zero-order valence-corrected chi connectivity index (χ0v) is 18.1. The Morgan fingerprint density at radius 3 is 1.75 bits per heavy atom. The van der Waals surface area contributed by atoms with Gasteiger partial charge in [-0.15, -0.1) is 0 Å². The Balaban J connectivity index is 0.00000254. The molecule has 1 aromatic carbocycles. The molecule has 138 valence electrons. The van der Waals surface area contributed by atoms with Crippen molar-refractivity contribution < 1.29 is 9.90 Å². The SMILES string of the molecule is CCN(CC)c1ccc(C(=O)C(O)(CC)N(CC)CC)cc1.CI. The summed E-state index contributed by atoms with van der Waals surface area (Å²) in [6, 6.07) is 7.55. The first-order valence-electron chi connectivity index (χ1n) is 8.73. The molecule has 1 N–H and O–H groups in total. The number of rotatable bonds is 9. The standard InChI is InChI=1S/C18H30N2O2.CH3I/c1-6-18(22,20(9-4)10-5)17(21)15-11-13-16(14-12-15)19(7-2)8-3;1-2/h11-14,22H,6-10H2,1-5H3;1H3. The molecule has 0 radical (unpaired) electrons. The van der Waals surface area contributed by atoms with Crippen LogP contribution in [0.4, 0.5) is 5.69 Å². The van der Waals surface area contributed by atoms with E-state index in [-0.39, 0.29) is 5.78 Å². The molecule has 0 amide bonds. The average molecular weight is 448 g/mol. The fourth-order valence-electron chi connectivity index (χ4n) is 2.92. The summed E-state index contributed by atoms with van der Waals surface area (Å²) in [6.45, 7) is 13.1. The minimum atomic E-state index is -1.42. The molecular weight excluding hydrogens is 415 g/mol. The molecule has 0 fully saturated rings. The number of halogens is 1. The van der Waals surface area contributed by atoms with Crippen LogP contribution >= 0.6 is 22.6 Å². The number of benzene rings is 1. The average Bonchev–Trinajstić information content (AvgIpc) is 2.65. The molecule has 24 heavy (non-hydrogen) atoms. The van der Waals surface area contributed by atoms with Crippen molar-refractivity contribution in [2.75, 3.05) is 36.0 Å². The Hall–Kier alpha value is -0.660. The summed E-state index contributed by atoms with van der Waals surface area (Å²) < 4.78 is 0. The van der Waals surface area contributed by atoms with Gasteiger partial charge in [-0.25, -0.2) is 0 Å². The molecule has 4 nitrogen and oxygen atoms in total. The molecule has 0 aliphatic rings. The van der Waals surface area contributed by atoms with Crippen LogP contribution < -0.4 is 4.90 Å². The summed E-state index contributed by atoms with van der Waals surface area (Å²) in [5, 5.41) is 10.8. The summed E-state index contributed by atoms with van der Waals surface area (Å²) in [6.07, 6.45) is 0.380. The van der Waals surface area contributed by atoms with Crippen molar-refractivity contribution in [2.45, 2.75) is 46.8 Å². The quantitative estimate of drug-likeness (QED) is 0.266. The monoisotopic (exact) mass is 448 g/mol. The normalized spacial score (nSPS) is 13.0. The van der Waals surface area contributed by atoms with Crippen molar-refractivity contribution in [3.05, 3.63) is 29.8 Å². The maximum atomic E-state index is 12.8. The van der Waals surface area contributed by atoms with E-state index < -0.39 is 5.72 Å². The van der Waals surface area contributed by atoms with Gasteiger partial charge in [0.2, 0.25) is 5.78 Å². The third-order valence-electron chi connectivity index (χ3n) is 4.40. The van der Waals surface area contributed by atoms with Gasteiger partial charge in [0.25, 0.3) is 0 Å². The summed E-state index contributed by atoms with van der Waals surface area (Å²) in [5.41, 5.74) is 0.247. The van der Waals surface area contributed by atoms with Crippen molar-refractivity contribution in [1.29, 1.82) is 0 Å². The fourth-order valence-corrected chi connectivity index (χ4v) is 2.92. The highest BCUT2D eigenvalue weighted by atomic mass is 127. The summed E-state index contributed by atoms with van der Waals surface area (Å²) in [5.74, 6) is -0.218. The van der Waals surface area contributed by atoms with E-state index in [1.807, 2.05) is 54.9 Å². The molecule has 1 rings (SSSR count). The highest BCUT2D eigenvalue weighted by Gasteiger charge is 2.39. The molecule has 1 atom stereocenters. The van der Waals surface area contributed by atoms with Gasteiger partial charge in [-0.1, -0.05) is 43.4 Å². The number of anilines is 1. The van der Waals surface area contributed by atoms with Gasteiger partial charge in [0, 0.05) is 24.3 Å². The van der Waals surface area contributed by atoms with Crippen LogP contribution in [0.2, 0.25) is 0 Å². The number of ketones is 1. The predicted molar refractivity (Wildman–Crippen MR) is 112 cm³/mol. The number of hydrogen-bond acceptors (Lipinski definition) is 4. The predicted octanol–water partition coefficient (Wildman–Crippen LogP) is 4.21. The van der Waals surface area contributed by atoms with E-state index in [9.17, 15) is 9.90 Å². The molecule has 0 saturated carbocycles. The largest absolute Gasteiger partial charge is 0.372 e. The minimum Gasteiger partial charge on any atom is -0.372 e. The van der Waals surface area contributed by atoms with Crippen molar-refractivity contribution in [3.8, 4) is 0 Å². The second-order valence-electron chi connectivity index (χ2n) is 5.39. The Kier molecular flexibility index (Phi) is 11.5. The van der Waals surface area contributed by atoms with Crippen molar-refractivity contribution in [1.82, 2.24) is 4.90 Å². The number of likely N-dealkylation sites (N-methyl/N-ethyl adjacent to an activating group) is 1. The summed E-state index contributed by atoms with van der Waals surface area (Å²) in [4.78, 5) is 18.8. The molecular formula is C19H33IN2O2. The third kappa shape index (κ3) is 5.43. The van der Waals surface area contributed by atoms with Crippen LogP contribution in [0.25, 0.3) is 0 Å². The van der Waals surface area contributed by atoms with Gasteiger partial charge in [0.15, 0.2) is 5.72 Å². The number of alkyl halides is 1. The van der Waals surface area contributed by atoms with E-state index in [1.54, 1.807) is 0 Å². The maximum Gasteiger partial charge on any atom is 0.209 e. The maximum absolute atomic E-state index is 12.8. The van der Waals surface area contributed by atoms with Crippen LogP contribution in [-0.4, -0.2) is 52.6 Å². The van der Waals surface area contributed by atoms with Crippen molar-refractivity contribution in [2.24, 2.45) is 0 Å². The Morgan fingerprint density at radius 2 is 1.42 bits per heavy atom. The number of hydrogen-bond donors (Lipinski definition) is 1. The fraction of sp³-hybridized carbons (Fsp3) is 0.632. The first kappa shape index (κ1) is 23.3. The van der Waals surface area contributed by atoms with Crippen LogP contribution in [0, 0.1) is 0 Å². The molecule has 0 aromatic heterocycles. The van der Waals surface area contributed by atoms with Crippen molar-refractivity contribution in [3.63, 3.8) is 0 Å². The Morgan fingerprint density at radius 1 is 0.958 bits per heavy atom. The zero-order valence-electron chi connectivity index (χ0n) is 16.0. The van der Waals surface area contributed by atoms with E-state index in [2.05, 4.69) is 41.3 Å². The van der Waals surface area contributed by atoms with E-state index in [4.69, 9.17) is 0 Å². The Bertz CT molecular complexity index is 471. The highest BCUT2D eigenvalue weighted by molar-refractivity contribution is 14.1. The Labute approximate surface area is 161 Å². The molecule has 0 saturated heterocycles. The van der Waals surface area contributed by atoms with Crippen LogP contribution in [0.3, 0.4) is 0 Å². The summed E-state index contributed by atoms with van der Waals surface area (Å²) in [7, 11) is 0. The van der Waals surface area contributed by atoms with Gasteiger partial charge in [-0.2, -0.15) is 0 Å². The molecule has 0 aliphatic carbocycles. The second kappa shape index (κ2) is 11.8. The molecule has 0 bridgehead atoms. The molecule has 1 aromatic rings. The molecule has 0 spiro atoms. The highest BCUT2D eigenvalue weighted by Crippen LogP contribution is 2.24. The van der Waals surface area contributed by atoms with Gasteiger partial charge < -0.3 is 10.0 Å². The summed E-state index contributed by atoms with van der Waals surface area (Å²) >= 11 is 2.15. The van der Waals surface area contributed by atoms with Gasteiger partial charge in [0.1, 0.15) is 0 Å². The number of Topliss-reactive ketones (excluding diaryl/α,β-unsaturated/α-hetero) is 1. The molecule has 1 unspecified atom stereocenters. The molecule has 0 aliphatic heterocycles. The number of carbonyl (C=O) groups excluding carboxylic acids is 1. The minimum absolute atomic E-state index is 0.218. The van der Waals surface area contributed by atoms with Gasteiger partial charge in [-0.3, -0.25) is 9.69 Å². The van der Waals surface area contributed by atoms with Crippen LogP contribution in [0.15, 0.2) is 24.3 Å². The lowest BCUT2D eigenvalue weighted by Gasteiger charge is -2.36.